The molecule has 3 nitrogen and oxygen atoms in total. The Morgan fingerprint density at radius 1 is 1.25 bits per heavy atom. The Labute approximate surface area is 80.5 Å². The zero-order valence-electron chi connectivity index (χ0n) is 8.18. The summed E-state index contributed by atoms with van der Waals surface area (Å²) in [6, 6.07) is 0. The van der Waals surface area contributed by atoms with Crippen molar-refractivity contribution in [2.75, 3.05) is 33.7 Å². The Kier molecular flexibility index (Phi) is 7.09. The van der Waals surface area contributed by atoms with Gasteiger partial charge in [0.1, 0.15) is 0 Å². The van der Waals surface area contributed by atoms with E-state index >= 15 is 0 Å². The molecule has 0 aliphatic rings. The van der Waals surface area contributed by atoms with E-state index in [-0.39, 0.29) is 0 Å². The van der Waals surface area contributed by atoms with Crippen LogP contribution in [0.2, 0.25) is 0 Å². The third-order valence-electron chi connectivity index (χ3n) is 1.38. The first-order valence-electron chi connectivity index (χ1n) is 4.33. The molecular weight excluding hydrogens is 170 g/mol. The molecule has 0 atom stereocenters. The van der Waals surface area contributed by atoms with Crippen LogP contribution in [0.4, 0.5) is 0 Å². The van der Waals surface area contributed by atoms with Crippen LogP contribution in [0.1, 0.15) is 13.3 Å². The zero-order chi connectivity index (χ0) is 9.40. The number of rotatable bonds is 5. The topological polar surface area (TPSA) is 27.3 Å². The Morgan fingerprint density at radius 2 is 1.83 bits per heavy atom. The number of nitrogens with zero attached hydrogens (tertiary/aromatic N) is 1. The van der Waals surface area contributed by atoms with Crippen molar-refractivity contribution in [2.45, 2.75) is 13.3 Å². The lowest BCUT2D eigenvalue weighted by atomic mass is 10.5. The van der Waals surface area contributed by atoms with Gasteiger partial charge in [-0.1, -0.05) is 6.92 Å². The Hall–Kier alpha value is -0.350. The van der Waals surface area contributed by atoms with Crippen LogP contribution in [0.15, 0.2) is 0 Å². The average molecular weight is 189 g/mol. The first kappa shape index (κ1) is 11.6. The van der Waals surface area contributed by atoms with E-state index in [4.69, 9.17) is 12.2 Å². The maximum Gasteiger partial charge on any atom is 0.166 e. The summed E-state index contributed by atoms with van der Waals surface area (Å²) in [6.07, 6.45) is 1.11. The van der Waals surface area contributed by atoms with Crippen molar-refractivity contribution in [1.29, 1.82) is 0 Å². The molecule has 0 unspecified atom stereocenters. The highest BCUT2D eigenvalue weighted by molar-refractivity contribution is 7.80. The van der Waals surface area contributed by atoms with Gasteiger partial charge in [-0.2, -0.15) is 0 Å². The van der Waals surface area contributed by atoms with E-state index in [1.165, 1.54) is 0 Å². The van der Waals surface area contributed by atoms with Gasteiger partial charge < -0.3 is 15.5 Å². The fourth-order valence-corrected chi connectivity index (χ4v) is 0.898. The molecule has 0 aromatic carbocycles. The molecule has 0 saturated carbocycles. The molecule has 0 aromatic rings. The van der Waals surface area contributed by atoms with Gasteiger partial charge in [0, 0.05) is 19.6 Å². The third-order valence-corrected chi connectivity index (χ3v) is 1.67. The van der Waals surface area contributed by atoms with Crippen LogP contribution in [0.25, 0.3) is 0 Å². The van der Waals surface area contributed by atoms with Crippen LogP contribution in [-0.4, -0.2) is 43.7 Å². The maximum absolute atomic E-state index is 5.03. The Bertz CT molecular complexity index is 125. The van der Waals surface area contributed by atoms with E-state index < -0.39 is 0 Å². The second kappa shape index (κ2) is 7.31. The summed E-state index contributed by atoms with van der Waals surface area (Å²) in [4.78, 5) is 2.12. The number of likely N-dealkylation sites (N-methyl/N-ethyl adjacent to an activating group) is 1. The van der Waals surface area contributed by atoms with Crippen LogP contribution in [0.3, 0.4) is 0 Å². The molecule has 0 aliphatic carbocycles. The molecule has 0 saturated heterocycles. The van der Waals surface area contributed by atoms with Crippen molar-refractivity contribution >= 4 is 17.3 Å². The Balaban J connectivity index is 3.20. The van der Waals surface area contributed by atoms with E-state index in [9.17, 15) is 0 Å². The second-order valence-electron chi connectivity index (χ2n) is 2.99. The Morgan fingerprint density at radius 3 is 2.33 bits per heavy atom. The molecular formula is C8H19N3S. The number of hydrogen-bond donors (Lipinski definition) is 2. The number of nitrogens with one attached hydrogen (secondary N) is 2. The van der Waals surface area contributed by atoms with Gasteiger partial charge in [-0.3, -0.25) is 0 Å². The van der Waals surface area contributed by atoms with Gasteiger partial charge in [0.25, 0.3) is 0 Å². The predicted molar refractivity (Wildman–Crippen MR) is 57.4 cm³/mol. The maximum atomic E-state index is 5.03. The van der Waals surface area contributed by atoms with Gasteiger partial charge in [-0.05, 0) is 32.7 Å². The molecule has 0 spiro atoms. The molecule has 0 rings (SSSR count). The van der Waals surface area contributed by atoms with E-state index in [1.807, 2.05) is 14.1 Å². The highest BCUT2D eigenvalue weighted by Crippen LogP contribution is 1.74. The van der Waals surface area contributed by atoms with Crippen molar-refractivity contribution in [3.63, 3.8) is 0 Å². The summed E-state index contributed by atoms with van der Waals surface area (Å²) in [5.41, 5.74) is 0. The summed E-state index contributed by atoms with van der Waals surface area (Å²) in [5.74, 6) is 0. The molecule has 0 aromatic heterocycles. The monoisotopic (exact) mass is 189 g/mol. The highest BCUT2D eigenvalue weighted by Gasteiger charge is 1.93. The molecule has 0 heterocycles. The number of thiocarbonyl (C=S) groups is 1. The van der Waals surface area contributed by atoms with Crippen LogP contribution < -0.4 is 10.6 Å². The standard InChI is InChI=1S/C8H19N3S/c1-4-5-9-8(12)10-6-7-11(2)3/h4-7H2,1-3H3,(H2,9,10,12). The van der Waals surface area contributed by atoms with Crippen molar-refractivity contribution in [1.82, 2.24) is 15.5 Å². The van der Waals surface area contributed by atoms with E-state index in [1.54, 1.807) is 0 Å². The van der Waals surface area contributed by atoms with Crippen molar-refractivity contribution in [3.8, 4) is 0 Å². The minimum absolute atomic E-state index is 0.763. The first-order chi connectivity index (χ1) is 5.66. The SMILES string of the molecule is CCCNC(=S)NCCN(C)C. The van der Waals surface area contributed by atoms with Crippen LogP contribution in [-0.2, 0) is 0 Å². The molecule has 0 aliphatic heterocycles. The predicted octanol–water partition coefficient (Wildman–Crippen LogP) is 0.422. The fourth-order valence-electron chi connectivity index (χ4n) is 0.694. The normalized spacial score (nSPS) is 10.0. The van der Waals surface area contributed by atoms with Crippen molar-refractivity contribution < 1.29 is 0 Å². The minimum atomic E-state index is 0.763. The molecule has 72 valence electrons. The molecule has 0 bridgehead atoms. The lowest BCUT2D eigenvalue weighted by molar-refractivity contribution is 0.412. The molecule has 12 heavy (non-hydrogen) atoms. The van der Waals surface area contributed by atoms with Gasteiger partial charge in [0.15, 0.2) is 5.11 Å². The average Bonchev–Trinajstić information content (AvgIpc) is 2.00. The van der Waals surface area contributed by atoms with Crippen molar-refractivity contribution in [3.05, 3.63) is 0 Å². The molecule has 0 radical (unpaired) electrons. The largest absolute Gasteiger partial charge is 0.363 e. The van der Waals surface area contributed by atoms with Gasteiger partial charge in [0.05, 0.1) is 0 Å². The summed E-state index contributed by atoms with van der Waals surface area (Å²) in [5, 5.41) is 7.00. The van der Waals surface area contributed by atoms with Gasteiger partial charge in [-0.25, -0.2) is 0 Å². The van der Waals surface area contributed by atoms with Gasteiger partial charge >= 0.3 is 0 Å². The zero-order valence-corrected chi connectivity index (χ0v) is 9.00. The minimum Gasteiger partial charge on any atom is -0.363 e. The van der Waals surface area contributed by atoms with Crippen molar-refractivity contribution in [2.24, 2.45) is 0 Å². The third kappa shape index (κ3) is 7.75. The van der Waals surface area contributed by atoms with Crippen LogP contribution in [0.5, 0.6) is 0 Å². The van der Waals surface area contributed by atoms with Crippen LogP contribution in [0, 0.1) is 0 Å². The van der Waals surface area contributed by atoms with E-state index in [2.05, 4.69) is 22.5 Å². The summed E-state index contributed by atoms with van der Waals surface area (Å²) >= 11 is 5.03. The molecule has 0 fully saturated rings. The summed E-state index contributed by atoms with van der Waals surface area (Å²) < 4.78 is 0. The molecule has 0 amide bonds. The lowest BCUT2D eigenvalue weighted by Crippen LogP contribution is -2.38. The second-order valence-corrected chi connectivity index (χ2v) is 3.39. The lowest BCUT2D eigenvalue weighted by Gasteiger charge is -2.12. The number of hydrogen-bond acceptors (Lipinski definition) is 2. The fraction of sp³-hybridized carbons (Fsp3) is 0.875. The smallest absolute Gasteiger partial charge is 0.166 e. The first-order valence-corrected chi connectivity index (χ1v) is 4.74. The molecule has 2 N–H and O–H groups in total. The van der Waals surface area contributed by atoms with Gasteiger partial charge in [0.2, 0.25) is 0 Å². The highest BCUT2D eigenvalue weighted by atomic mass is 32.1. The molecule has 4 heteroatoms. The van der Waals surface area contributed by atoms with Gasteiger partial charge in [-0.15, -0.1) is 0 Å². The van der Waals surface area contributed by atoms with E-state index in [0.29, 0.717) is 0 Å². The summed E-state index contributed by atoms with van der Waals surface area (Å²) in [6.45, 7) is 4.99. The quantitative estimate of drug-likeness (QED) is 0.613. The van der Waals surface area contributed by atoms with E-state index in [0.717, 1.165) is 31.2 Å². The van der Waals surface area contributed by atoms with Crippen LogP contribution >= 0.6 is 12.2 Å². The summed E-state index contributed by atoms with van der Waals surface area (Å²) in [7, 11) is 4.09.